The lowest BCUT2D eigenvalue weighted by molar-refractivity contribution is -0.122. The molecule has 2 aromatic carbocycles. The summed E-state index contributed by atoms with van der Waals surface area (Å²) in [7, 11) is 0. The number of ether oxygens (including phenoxy) is 2. The first kappa shape index (κ1) is 17.0. The number of aryl methyl sites for hydroxylation is 1. The molecule has 138 valence electrons. The fourth-order valence-corrected chi connectivity index (χ4v) is 2.92. The molecule has 1 N–H and O–H groups in total. The van der Waals surface area contributed by atoms with Crippen molar-refractivity contribution in [2.45, 2.75) is 26.4 Å². The highest BCUT2D eigenvalue weighted by Crippen LogP contribution is 2.34. The number of carbonyl (C=O) groups excluding carboxylic acids is 1. The summed E-state index contributed by atoms with van der Waals surface area (Å²) < 4.78 is 10.7. The number of hydrogen-bond acceptors (Lipinski definition) is 6. The Kier molecular flexibility index (Phi) is 4.45. The molecule has 0 saturated heterocycles. The van der Waals surface area contributed by atoms with E-state index in [0.29, 0.717) is 17.3 Å². The van der Waals surface area contributed by atoms with Crippen LogP contribution in [-0.4, -0.2) is 32.9 Å². The second kappa shape index (κ2) is 7.06. The van der Waals surface area contributed by atoms with Gasteiger partial charge in [0.05, 0.1) is 6.04 Å². The third-order valence-electron chi connectivity index (χ3n) is 4.40. The summed E-state index contributed by atoms with van der Waals surface area (Å²) in [5.41, 5.74) is 2.88. The van der Waals surface area contributed by atoms with Gasteiger partial charge < -0.3 is 14.8 Å². The second-order valence-corrected chi connectivity index (χ2v) is 6.36. The highest BCUT2D eigenvalue weighted by atomic mass is 16.7. The maximum atomic E-state index is 12.3. The van der Waals surface area contributed by atoms with Gasteiger partial charge in [-0.05, 0) is 42.3 Å². The number of fused-ring (bicyclic) bond motifs is 1. The Hall–Kier alpha value is -3.42. The summed E-state index contributed by atoms with van der Waals surface area (Å²) >= 11 is 0. The van der Waals surface area contributed by atoms with E-state index in [0.717, 1.165) is 16.7 Å². The number of benzene rings is 2. The van der Waals surface area contributed by atoms with E-state index in [1.165, 1.54) is 4.80 Å². The SMILES string of the molecule is Cc1ccccc1-c1nnn(CC(=O)NC(C)c2ccc3c(c2)OCO3)n1. The van der Waals surface area contributed by atoms with Crippen LogP contribution in [0.1, 0.15) is 24.1 Å². The van der Waals surface area contributed by atoms with Gasteiger partial charge in [-0.1, -0.05) is 30.3 Å². The molecule has 8 heteroatoms. The summed E-state index contributed by atoms with van der Waals surface area (Å²) in [6, 6.07) is 13.2. The van der Waals surface area contributed by atoms with Gasteiger partial charge >= 0.3 is 0 Å². The highest BCUT2D eigenvalue weighted by Gasteiger charge is 2.17. The number of aromatic nitrogens is 4. The molecule has 1 aliphatic rings. The zero-order valence-corrected chi connectivity index (χ0v) is 15.0. The van der Waals surface area contributed by atoms with Gasteiger partial charge in [0.2, 0.25) is 18.5 Å². The van der Waals surface area contributed by atoms with Gasteiger partial charge in [0.1, 0.15) is 6.54 Å². The minimum Gasteiger partial charge on any atom is -0.454 e. The van der Waals surface area contributed by atoms with Crippen LogP contribution in [0.5, 0.6) is 11.5 Å². The standard InChI is InChI=1S/C19H19N5O3/c1-12-5-3-4-6-15(12)19-21-23-24(22-19)10-18(25)20-13(2)14-7-8-16-17(9-14)27-11-26-16/h3-9,13H,10-11H2,1-2H3,(H,20,25). The van der Waals surface area contributed by atoms with Crippen molar-refractivity contribution in [1.29, 1.82) is 0 Å². The van der Waals surface area contributed by atoms with Crippen LogP contribution in [0.25, 0.3) is 11.4 Å². The Bertz CT molecular complexity index is 985. The molecule has 3 aromatic rings. The molecule has 0 bridgehead atoms. The van der Waals surface area contributed by atoms with Crippen LogP contribution in [0, 0.1) is 6.92 Å². The monoisotopic (exact) mass is 365 g/mol. The normalized spacial score (nSPS) is 13.4. The average Bonchev–Trinajstić information content (AvgIpc) is 3.30. The Morgan fingerprint density at radius 2 is 2.04 bits per heavy atom. The number of rotatable bonds is 5. The van der Waals surface area contributed by atoms with Crippen molar-refractivity contribution in [2.24, 2.45) is 0 Å². The minimum absolute atomic E-state index is 0.00618. The molecule has 27 heavy (non-hydrogen) atoms. The Balaban J connectivity index is 1.40. The summed E-state index contributed by atoms with van der Waals surface area (Å²) in [5.74, 6) is 1.71. The lowest BCUT2D eigenvalue weighted by Crippen LogP contribution is -2.30. The molecule has 0 aliphatic carbocycles. The molecule has 0 saturated carbocycles. The molecule has 0 spiro atoms. The van der Waals surface area contributed by atoms with Crippen LogP contribution in [0.4, 0.5) is 0 Å². The molecule has 0 fully saturated rings. The fraction of sp³-hybridized carbons (Fsp3) is 0.263. The van der Waals surface area contributed by atoms with E-state index in [1.54, 1.807) is 0 Å². The maximum absolute atomic E-state index is 12.3. The lowest BCUT2D eigenvalue weighted by atomic mass is 10.1. The fourth-order valence-electron chi connectivity index (χ4n) is 2.92. The first-order valence-electron chi connectivity index (χ1n) is 8.63. The van der Waals surface area contributed by atoms with Crippen molar-refractivity contribution in [1.82, 2.24) is 25.5 Å². The van der Waals surface area contributed by atoms with Crippen molar-refractivity contribution in [3.63, 3.8) is 0 Å². The third kappa shape index (κ3) is 3.59. The van der Waals surface area contributed by atoms with Crippen molar-refractivity contribution < 1.29 is 14.3 Å². The van der Waals surface area contributed by atoms with E-state index in [-0.39, 0.29) is 25.3 Å². The van der Waals surface area contributed by atoms with Crippen LogP contribution in [0.3, 0.4) is 0 Å². The van der Waals surface area contributed by atoms with Crippen LogP contribution < -0.4 is 14.8 Å². The minimum atomic E-state index is -0.200. The van der Waals surface area contributed by atoms with Crippen molar-refractivity contribution in [2.75, 3.05) is 6.79 Å². The summed E-state index contributed by atoms with van der Waals surface area (Å²) in [4.78, 5) is 13.6. The largest absolute Gasteiger partial charge is 0.454 e. The Morgan fingerprint density at radius 3 is 2.89 bits per heavy atom. The van der Waals surface area contributed by atoms with E-state index < -0.39 is 0 Å². The Morgan fingerprint density at radius 1 is 1.22 bits per heavy atom. The highest BCUT2D eigenvalue weighted by molar-refractivity contribution is 5.76. The molecule has 0 radical (unpaired) electrons. The van der Waals surface area contributed by atoms with Gasteiger partial charge in [0.25, 0.3) is 0 Å². The van der Waals surface area contributed by atoms with Crippen molar-refractivity contribution in [3.05, 3.63) is 53.6 Å². The number of hydrogen-bond donors (Lipinski definition) is 1. The maximum Gasteiger partial charge on any atom is 0.244 e. The molecule has 1 atom stereocenters. The lowest BCUT2D eigenvalue weighted by Gasteiger charge is -2.14. The smallest absolute Gasteiger partial charge is 0.244 e. The van der Waals surface area contributed by atoms with E-state index >= 15 is 0 Å². The van der Waals surface area contributed by atoms with Crippen molar-refractivity contribution >= 4 is 5.91 Å². The number of nitrogens with one attached hydrogen (secondary N) is 1. The van der Waals surface area contributed by atoms with E-state index in [1.807, 2.05) is 56.3 Å². The zero-order valence-electron chi connectivity index (χ0n) is 15.0. The predicted molar refractivity (Wildman–Crippen MR) is 97.1 cm³/mol. The Labute approximate surface area is 156 Å². The van der Waals surface area contributed by atoms with E-state index in [2.05, 4.69) is 20.7 Å². The van der Waals surface area contributed by atoms with Crippen molar-refractivity contribution in [3.8, 4) is 22.9 Å². The molecule has 1 amide bonds. The molecule has 4 rings (SSSR count). The van der Waals surface area contributed by atoms with Gasteiger partial charge in [-0.2, -0.15) is 4.80 Å². The summed E-state index contributed by atoms with van der Waals surface area (Å²) in [6.07, 6.45) is 0. The van der Waals surface area contributed by atoms with Crippen LogP contribution in [0.2, 0.25) is 0 Å². The van der Waals surface area contributed by atoms with Crippen LogP contribution in [0.15, 0.2) is 42.5 Å². The van der Waals surface area contributed by atoms with E-state index in [9.17, 15) is 4.79 Å². The van der Waals surface area contributed by atoms with Gasteiger partial charge in [-0.25, -0.2) is 0 Å². The van der Waals surface area contributed by atoms with Gasteiger partial charge in [-0.15, -0.1) is 10.2 Å². The summed E-state index contributed by atoms with van der Waals surface area (Å²) in [6.45, 7) is 4.10. The second-order valence-electron chi connectivity index (χ2n) is 6.36. The number of carbonyl (C=O) groups is 1. The van der Waals surface area contributed by atoms with Gasteiger partial charge in [0, 0.05) is 5.56 Å². The van der Waals surface area contributed by atoms with Crippen LogP contribution >= 0.6 is 0 Å². The molecule has 1 unspecified atom stereocenters. The van der Waals surface area contributed by atoms with E-state index in [4.69, 9.17) is 9.47 Å². The molecule has 2 heterocycles. The molecular formula is C19H19N5O3. The molecule has 8 nitrogen and oxygen atoms in total. The van der Waals surface area contributed by atoms with Gasteiger partial charge in [-0.3, -0.25) is 4.79 Å². The topological polar surface area (TPSA) is 91.2 Å². The number of amides is 1. The molecule has 1 aromatic heterocycles. The van der Waals surface area contributed by atoms with Gasteiger partial charge in [0.15, 0.2) is 11.5 Å². The first-order chi connectivity index (χ1) is 13.1. The average molecular weight is 365 g/mol. The number of tetrazole rings is 1. The molecule has 1 aliphatic heterocycles. The summed E-state index contributed by atoms with van der Waals surface area (Å²) in [5, 5.41) is 15.3. The number of nitrogens with zero attached hydrogens (tertiary/aromatic N) is 4. The first-order valence-corrected chi connectivity index (χ1v) is 8.63. The molecular weight excluding hydrogens is 346 g/mol. The third-order valence-corrected chi connectivity index (χ3v) is 4.40. The predicted octanol–water partition coefficient (Wildman–Crippen LogP) is 2.25. The zero-order chi connectivity index (χ0) is 18.8. The van der Waals surface area contributed by atoms with Crippen LogP contribution in [-0.2, 0) is 11.3 Å². The quantitative estimate of drug-likeness (QED) is 0.746.